The number of hydrogen-bond donors (Lipinski definition) is 1. The lowest BCUT2D eigenvalue weighted by Crippen LogP contribution is -1.99. The van der Waals surface area contributed by atoms with Gasteiger partial charge in [-0.25, -0.2) is 4.98 Å². The van der Waals surface area contributed by atoms with Crippen molar-refractivity contribution in [3.63, 3.8) is 0 Å². The summed E-state index contributed by atoms with van der Waals surface area (Å²) in [6.45, 7) is 2.78. The van der Waals surface area contributed by atoms with Gasteiger partial charge in [0.2, 0.25) is 0 Å². The van der Waals surface area contributed by atoms with Crippen LogP contribution in [0.2, 0.25) is 5.15 Å². The van der Waals surface area contributed by atoms with E-state index < -0.39 is 0 Å². The van der Waals surface area contributed by atoms with Gasteiger partial charge in [-0.3, -0.25) is 0 Å². The van der Waals surface area contributed by atoms with E-state index in [-0.39, 0.29) is 0 Å². The van der Waals surface area contributed by atoms with Gasteiger partial charge < -0.3 is 5.32 Å². The van der Waals surface area contributed by atoms with Gasteiger partial charge in [-0.15, -0.1) is 0 Å². The fourth-order valence-electron chi connectivity index (χ4n) is 1.25. The number of anilines is 1. The molecule has 0 atom stereocenters. The van der Waals surface area contributed by atoms with Gasteiger partial charge in [0.05, 0.1) is 11.9 Å². The number of nitrogens with zero attached hydrogens (tertiary/aromatic N) is 1. The van der Waals surface area contributed by atoms with Gasteiger partial charge in [0.1, 0.15) is 5.15 Å². The van der Waals surface area contributed by atoms with Crippen molar-refractivity contribution in [2.24, 2.45) is 0 Å². The average molecular weight is 239 g/mol. The average Bonchev–Trinajstić information content (AvgIpc) is 2.73. The van der Waals surface area contributed by atoms with Gasteiger partial charge in [-0.05, 0) is 40.9 Å². The fraction of sp³-hybridized carbons (Fsp3) is 0.182. The number of hydrogen-bond acceptors (Lipinski definition) is 3. The molecule has 0 saturated heterocycles. The Balaban J connectivity index is 2.02. The van der Waals surface area contributed by atoms with E-state index >= 15 is 0 Å². The molecule has 78 valence electrons. The SMILES string of the molecule is Cc1cc(NCc2ccsc2)cnc1Cl. The van der Waals surface area contributed by atoms with Crippen LogP contribution in [0.4, 0.5) is 5.69 Å². The fourth-order valence-corrected chi connectivity index (χ4v) is 2.02. The monoisotopic (exact) mass is 238 g/mol. The maximum Gasteiger partial charge on any atom is 0.132 e. The Morgan fingerprint density at radius 2 is 2.40 bits per heavy atom. The molecule has 2 heterocycles. The molecule has 0 saturated carbocycles. The number of thiophene rings is 1. The Morgan fingerprint density at radius 3 is 3.07 bits per heavy atom. The molecule has 0 unspecified atom stereocenters. The van der Waals surface area contributed by atoms with Gasteiger partial charge in [-0.2, -0.15) is 11.3 Å². The third-order valence-electron chi connectivity index (χ3n) is 2.09. The van der Waals surface area contributed by atoms with E-state index in [9.17, 15) is 0 Å². The zero-order valence-electron chi connectivity index (χ0n) is 8.33. The first kappa shape index (κ1) is 10.5. The van der Waals surface area contributed by atoms with Crippen molar-refractivity contribution in [1.29, 1.82) is 0 Å². The third kappa shape index (κ3) is 2.70. The van der Waals surface area contributed by atoms with E-state index in [2.05, 4.69) is 27.1 Å². The molecule has 2 nitrogen and oxygen atoms in total. The second kappa shape index (κ2) is 4.64. The minimum Gasteiger partial charge on any atom is -0.380 e. The summed E-state index contributed by atoms with van der Waals surface area (Å²) >= 11 is 7.55. The van der Waals surface area contributed by atoms with Crippen molar-refractivity contribution < 1.29 is 0 Å². The summed E-state index contributed by atoms with van der Waals surface area (Å²) in [4.78, 5) is 4.08. The molecule has 0 aliphatic rings. The van der Waals surface area contributed by atoms with Crippen LogP contribution in [0.1, 0.15) is 11.1 Å². The standard InChI is InChI=1S/C11H11ClN2S/c1-8-4-10(6-14-11(8)12)13-5-9-2-3-15-7-9/h2-4,6-7,13H,5H2,1H3. The van der Waals surface area contributed by atoms with Crippen LogP contribution >= 0.6 is 22.9 Å². The second-order valence-electron chi connectivity index (χ2n) is 3.32. The lowest BCUT2D eigenvalue weighted by atomic mass is 10.3. The number of halogens is 1. The highest BCUT2D eigenvalue weighted by Gasteiger charge is 1.99. The highest BCUT2D eigenvalue weighted by atomic mass is 35.5. The zero-order chi connectivity index (χ0) is 10.7. The predicted octanol–water partition coefficient (Wildman–Crippen LogP) is 3.72. The van der Waals surface area contributed by atoms with E-state index in [0.717, 1.165) is 17.8 Å². The minimum atomic E-state index is 0.566. The summed E-state index contributed by atoms with van der Waals surface area (Å²) in [7, 11) is 0. The number of aryl methyl sites for hydroxylation is 1. The molecule has 2 rings (SSSR count). The Morgan fingerprint density at radius 1 is 1.53 bits per heavy atom. The molecule has 15 heavy (non-hydrogen) atoms. The molecular formula is C11H11ClN2S. The molecule has 2 aromatic rings. The maximum atomic E-state index is 5.84. The van der Waals surface area contributed by atoms with Crippen LogP contribution in [0.15, 0.2) is 29.1 Å². The van der Waals surface area contributed by atoms with E-state index in [1.807, 2.05) is 13.0 Å². The Bertz CT molecular complexity index is 440. The summed E-state index contributed by atoms with van der Waals surface area (Å²) in [6, 6.07) is 4.11. The molecule has 0 aliphatic carbocycles. The zero-order valence-corrected chi connectivity index (χ0v) is 9.90. The largest absolute Gasteiger partial charge is 0.380 e. The van der Waals surface area contributed by atoms with Crippen LogP contribution < -0.4 is 5.32 Å². The molecule has 4 heteroatoms. The number of aromatic nitrogens is 1. The number of nitrogens with one attached hydrogen (secondary N) is 1. The van der Waals surface area contributed by atoms with Crippen molar-refractivity contribution in [3.05, 3.63) is 45.4 Å². The summed E-state index contributed by atoms with van der Waals surface area (Å²) in [6.07, 6.45) is 1.75. The van der Waals surface area contributed by atoms with Crippen LogP contribution in [-0.2, 0) is 6.54 Å². The van der Waals surface area contributed by atoms with Crippen molar-refractivity contribution in [1.82, 2.24) is 4.98 Å². The van der Waals surface area contributed by atoms with E-state index in [4.69, 9.17) is 11.6 Å². The third-order valence-corrected chi connectivity index (χ3v) is 3.22. The van der Waals surface area contributed by atoms with E-state index in [1.165, 1.54) is 5.56 Å². The lowest BCUT2D eigenvalue weighted by molar-refractivity contribution is 1.14. The van der Waals surface area contributed by atoms with Crippen LogP contribution in [-0.4, -0.2) is 4.98 Å². The van der Waals surface area contributed by atoms with Crippen LogP contribution in [0.5, 0.6) is 0 Å². The normalized spacial score (nSPS) is 10.3. The Labute approximate surface area is 97.9 Å². The summed E-state index contributed by atoms with van der Waals surface area (Å²) in [5, 5.41) is 8.07. The van der Waals surface area contributed by atoms with E-state index in [1.54, 1.807) is 17.5 Å². The van der Waals surface area contributed by atoms with Gasteiger partial charge in [0.25, 0.3) is 0 Å². The lowest BCUT2D eigenvalue weighted by Gasteiger charge is -2.05. The smallest absolute Gasteiger partial charge is 0.132 e. The van der Waals surface area contributed by atoms with Crippen molar-refractivity contribution in [2.45, 2.75) is 13.5 Å². The highest BCUT2D eigenvalue weighted by Crippen LogP contribution is 2.17. The molecule has 0 fully saturated rings. The number of pyridine rings is 1. The van der Waals surface area contributed by atoms with Crippen LogP contribution in [0, 0.1) is 6.92 Å². The molecule has 0 amide bonds. The maximum absolute atomic E-state index is 5.84. The van der Waals surface area contributed by atoms with Crippen LogP contribution in [0.3, 0.4) is 0 Å². The van der Waals surface area contributed by atoms with Crippen LogP contribution in [0.25, 0.3) is 0 Å². The first-order chi connectivity index (χ1) is 7.25. The number of rotatable bonds is 3. The van der Waals surface area contributed by atoms with Gasteiger partial charge in [-0.1, -0.05) is 11.6 Å². The van der Waals surface area contributed by atoms with Gasteiger partial charge in [0, 0.05) is 6.54 Å². The van der Waals surface area contributed by atoms with E-state index in [0.29, 0.717) is 5.15 Å². The minimum absolute atomic E-state index is 0.566. The molecular weight excluding hydrogens is 228 g/mol. The quantitative estimate of drug-likeness (QED) is 0.825. The summed E-state index contributed by atoms with van der Waals surface area (Å²) in [5.41, 5.74) is 3.28. The van der Waals surface area contributed by atoms with Crippen molar-refractivity contribution >= 4 is 28.6 Å². The molecule has 0 spiro atoms. The topological polar surface area (TPSA) is 24.9 Å². The Kier molecular flexibility index (Phi) is 3.23. The van der Waals surface area contributed by atoms with Crippen molar-refractivity contribution in [2.75, 3.05) is 5.32 Å². The molecule has 0 aromatic carbocycles. The Hall–Kier alpha value is -1.06. The predicted molar refractivity (Wildman–Crippen MR) is 65.6 cm³/mol. The molecule has 2 aromatic heterocycles. The molecule has 0 bridgehead atoms. The summed E-state index contributed by atoms with van der Waals surface area (Å²) < 4.78 is 0. The summed E-state index contributed by atoms with van der Waals surface area (Å²) in [5.74, 6) is 0. The molecule has 0 aliphatic heterocycles. The molecule has 1 N–H and O–H groups in total. The van der Waals surface area contributed by atoms with Gasteiger partial charge in [0.15, 0.2) is 0 Å². The van der Waals surface area contributed by atoms with Gasteiger partial charge >= 0.3 is 0 Å². The highest BCUT2D eigenvalue weighted by molar-refractivity contribution is 7.07. The first-order valence-electron chi connectivity index (χ1n) is 4.63. The first-order valence-corrected chi connectivity index (χ1v) is 5.95. The van der Waals surface area contributed by atoms with Crippen molar-refractivity contribution in [3.8, 4) is 0 Å². The molecule has 0 radical (unpaired) electrons. The second-order valence-corrected chi connectivity index (χ2v) is 4.45.